The highest BCUT2D eigenvalue weighted by Gasteiger charge is 1.81. The van der Waals surface area contributed by atoms with Crippen LogP contribution in [0.2, 0.25) is 0 Å². The molecule has 6 heteroatoms. The van der Waals surface area contributed by atoms with Gasteiger partial charge in [0.1, 0.15) is 0 Å². The molecule has 0 spiro atoms. The molecule has 0 aromatic rings. The molecule has 4 nitrogen and oxygen atoms in total. The Kier molecular flexibility index (Phi) is 11.2. The van der Waals surface area contributed by atoms with Crippen LogP contribution < -0.4 is 22.5 Å². The van der Waals surface area contributed by atoms with Gasteiger partial charge in [0.25, 0.3) is 10.2 Å². The highest BCUT2D eigenvalue weighted by atomic mass is 32.1. The third-order valence-electron chi connectivity index (χ3n) is 0.444. The lowest BCUT2D eigenvalue weighted by molar-refractivity contribution is -0.214. The summed E-state index contributed by atoms with van der Waals surface area (Å²) in [5, 5.41) is 3.62. The number of nitrogens with two attached hydrogens (primary N) is 1. The van der Waals surface area contributed by atoms with Gasteiger partial charge in [0.2, 0.25) is 0 Å². The fourth-order valence-corrected chi connectivity index (χ4v) is 0.269. The first-order valence-electron chi connectivity index (χ1n) is 2.82. The lowest BCUT2D eigenvalue weighted by atomic mass is 10.6. The van der Waals surface area contributed by atoms with Gasteiger partial charge in [-0.25, -0.2) is 0 Å². The Morgan fingerprint density at radius 3 is 2.00 bits per heavy atom. The van der Waals surface area contributed by atoms with Crippen molar-refractivity contribution in [2.75, 3.05) is 6.54 Å². The normalized spacial score (nSPS) is 7.09. The van der Waals surface area contributed by atoms with Crippen molar-refractivity contribution in [2.24, 2.45) is 5.73 Å². The van der Waals surface area contributed by atoms with Crippen LogP contribution in [0.3, 0.4) is 0 Å². The highest BCUT2D eigenvalue weighted by molar-refractivity contribution is 7.79. The van der Waals surface area contributed by atoms with Crippen LogP contribution in [-0.4, -0.2) is 16.8 Å². The number of hydrogen-bond donors (Lipinski definition) is 4. The van der Waals surface area contributed by atoms with Crippen molar-refractivity contribution >= 4 is 34.7 Å². The largest absolute Gasteiger partial charge is 0.345 e. The molecule has 0 amide bonds. The molecule has 0 saturated heterocycles. The summed E-state index contributed by atoms with van der Waals surface area (Å²) in [6.45, 7) is 4.19. The Hall–Kier alpha value is -0.560. The Bertz CT molecular complexity index is 141. The number of rotatable bonds is 2. The van der Waals surface area contributed by atoms with Crippen LogP contribution in [0.15, 0.2) is 12.7 Å². The molecule has 0 rings (SSSR count). The smallest absolute Gasteiger partial charge is 0.265 e. The maximum Gasteiger partial charge on any atom is 0.265 e. The number of thiocarbonyl (C=S) groups is 2. The summed E-state index contributed by atoms with van der Waals surface area (Å²) >= 11 is 8.79. The standard InChI is InChI=1S/C4H8N2S.CH4N2S/c1-2-3-6-4(5)7;2-1(3)4/h2H,1,3H2,(H3,5,6,7);(H4,2,3,4)/p+2. The van der Waals surface area contributed by atoms with Crippen LogP contribution in [0.5, 0.6) is 0 Å². The van der Waals surface area contributed by atoms with Gasteiger partial charge >= 0.3 is 0 Å². The predicted molar refractivity (Wildman–Crippen MR) is 53.4 cm³/mol. The van der Waals surface area contributed by atoms with Gasteiger partial charge in [-0.2, -0.15) is 0 Å². The van der Waals surface area contributed by atoms with Crippen LogP contribution in [-0.2, 0) is 0 Å². The molecule has 64 valence electrons. The van der Waals surface area contributed by atoms with Gasteiger partial charge in [0.15, 0.2) is 0 Å². The summed E-state index contributed by atoms with van der Waals surface area (Å²) < 4.78 is 0. The lowest BCUT2D eigenvalue weighted by Crippen LogP contribution is -2.62. The van der Waals surface area contributed by atoms with Crippen molar-refractivity contribution in [3.8, 4) is 0 Å². The summed E-state index contributed by atoms with van der Waals surface area (Å²) in [4.78, 5) is 0. The minimum atomic E-state index is 0.250. The molecule has 0 bridgehead atoms. The summed E-state index contributed by atoms with van der Waals surface area (Å²) in [5.74, 6) is 0. The molecule has 0 radical (unpaired) electrons. The quantitative estimate of drug-likeness (QED) is 0.295. The van der Waals surface area contributed by atoms with Gasteiger partial charge in [0, 0.05) is 31.0 Å². The molecule has 0 aliphatic carbocycles. The van der Waals surface area contributed by atoms with Crippen molar-refractivity contribution in [1.82, 2.24) is 5.32 Å². The van der Waals surface area contributed by atoms with Crippen LogP contribution in [0.4, 0.5) is 0 Å². The van der Waals surface area contributed by atoms with Crippen LogP contribution in [0, 0.1) is 0 Å². The monoisotopic (exact) mass is 194 g/mol. The van der Waals surface area contributed by atoms with Gasteiger partial charge in [0.05, 0.1) is 0 Å². The van der Waals surface area contributed by atoms with E-state index in [2.05, 4.69) is 47.8 Å². The SMILES string of the molecule is C=CCNC([NH3+])=S.NC([NH3+])=S. The van der Waals surface area contributed by atoms with Crippen molar-refractivity contribution in [3.05, 3.63) is 12.7 Å². The van der Waals surface area contributed by atoms with E-state index in [-0.39, 0.29) is 5.11 Å². The van der Waals surface area contributed by atoms with Crippen molar-refractivity contribution in [2.45, 2.75) is 0 Å². The molecular weight excluding hydrogens is 180 g/mol. The second kappa shape index (κ2) is 9.44. The zero-order chi connectivity index (χ0) is 9.28. The Balaban J connectivity index is 0. The maximum absolute atomic E-state index is 4.73. The molecule has 11 heavy (non-hydrogen) atoms. The molecule has 0 aliphatic rings. The predicted octanol–water partition coefficient (Wildman–Crippen LogP) is -2.24. The zero-order valence-corrected chi connectivity index (χ0v) is 7.93. The number of quaternary nitrogens is 2. The molecule has 0 aromatic heterocycles. The Labute approximate surface area is 76.8 Å². The van der Waals surface area contributed by atoms with E-state index in [1.807, 2.05) is 0 Å². The van der Waals surface area contributed by atoms with Gasteiger partial charge in [-0.05, 0) is 0 Å². The van der Waals surface area contributed by atoms with E-state index in [0.29, 0.717) is 11.7 Å². The fraction of sp³-hybridized carbons (Fsp3) is 0.200. The van der Waals surface area contributed by atoms with E-state index in [0.717, 1.165) is 0 Å². The third-order valence-corrected chi connectivity index (χ3v) is 0.588. The van der Waals surface area contributed by atoms with Crippen molar-refractivity contribution in [3.63, 3.8) is 0 Å². The minimum Gasteiger partial charge on any atom is -0.345 e. The van der Waals surface area contributed by atoms with Crippen LogP contribution >= 0.6 is 24.4 Å². The molecule has 0 fully saturated rings. The number of hydrogen-bond acceptors (Lipinski definition) is 2. The summed E-state index contributed by atoms with van der Waals surface area (Å²) in [5.41, 5.74) is 11.3. The fourth-order valence-electron chi connectivity index (χ4n) is 0.186. The Morgan fingerprint density at radius 1 is 1.55 bits per heavy atom. The summed E-state index contributed by atoms with van der Waals surface area (Å²) in [7, 11) is 0. The minimum absolute atomic E-state index is 0.250. The van der Waals surface area contributed by atoms with Gasteiger partial charge in [-0.15, -0.1) is 6.58 Å². The van der Waals surface area contributed by atoms with E-state index >= 15 is 0 Å². The van der Waals surface area contributed by atoms with Gasteiger partial charge in [-0.3, -0.25) is 0 Å². The molecule has 0 unspecified atom stereocenters. The molecule has 0 aromatic carbocycles. The lowest BCUT2D eigenvalue weighted by Gasteiger charge is -1.89. The number of nitrogens with one attached hydrogen (secondary N) is 1. The average molecular weight is 194 g/mol. The topological polar surface area (TPSA) is 93.3 Å². The Morgan fingerprint density at radius 2 is 1.91 bits per heavy atom. The molecule has 0 aliphatic heterocycles. The van der Waals surface area contributed by atoms with E-state index in [4.69, 9.17) is 5.73 Å². The van der Waals surface area contributed by atoms with Crippen molar-refractivity contribution < 1.29 is 11.5 Å². The summed E-state index contributed by atoms with van der Waals surface area (Å²) in [6, 6.07) is 0. The maximum atomic E-state index is 4.73. The first-order valence-corrected chi connectivity index (χ1v) is 3.64. The first-order chi connectivity index (χ1) is 5.00. The molecular formula is C5H14N4S2+2. The van der Waals surface area contributed by atoms with E-state index in [1.54, 1.807) is 6.08 Å². The average Bonchev–Trinajstić information content (AvgIpc) is 1.82. The molecule has 0 heterocycles. The van der Waals surface area contributed by atoms with E-state index in [9.17, 15) is 0 Å². The zero-order valence-electron chi connectivity index (χ0n) is 6.30. The van der Waals surface area contributed by atoms with Crippen LogP contribution in [0.1, 0.15) is 0 Å². The van der Waals surface area contributed by atoms with Gasteiger partial charge < -0.3 is 22.5 Å². The summed E-state index contributed by atoms with van der Waals surface area (Å²) in [6.07, 6.45) is 1.73. The molecule has 0 saturated carbocycles. The highest BCUT2D eigenvalue weighted by Crippen LogP contribution is 1.56. The third kappa shape index (κ3) is 44.2. The van der Waals surface area contributed by atoms with Crippen LogP contribution in [0.25, 0.3) is 0 Å². The van der Waals surface area contributed by atoms with E-state index in [1.165, 1.54) is 0 Å². The first kappa shape index (κ1) is 13.1. The van der Waals surface area contributed by atoms with Gasteiger partial charge in [-0.1, -0.05) is 6.08 Å². The van der Waals surface area contributed by atoms with E-state index < -0.39 is 0 Å². The van der Waals surface area contributed by atoms with Crippen molar-refractivity contribution in [1.29, 1.82) is 0 Å². The molecule has 9 N–H and O–H groups in total. The second-order valence-electron chi connectivity index (χ2n) is 1.56. The second-order valence-corrected chi connectivity index (χ2v) is 2.58. The molecule has 0 atom stereocenters.